The normalized spacial score (nSPS) is 11.0. The van der Waals surface area contributed by atoms with E-state index in [0.29, 0.717) is 22.5 Å². The molecule has 0 aliphatic rings. The molecule has 7 nitrogen and oxygen atoms in total. The third-order valence-electron chi connectivity index (χ3n) is 3.62. The lowest BCUT2D eigenvalue weighted by Crippen LogP contribution is -2.10. The van der Waals surface area contributed by atoms with Crippen LogP contribution in [0.1, 0.15) is 16.3 Å². The second-order valence-electron chi connectivity index (χ2n) is 5.43. The predicted molar refractivity (Wildman–Crippen MR) is 99.2 cm³/mol. The van der Waals surface area contributed by atoms with Crippen LogP contribution in [0.3, 0.4) is 0 Å². The minimum absolute atomic E-state index is 0.204. The van der Waals surface area contributed by atoms with Crippen LogP contribution < -0.4 is 10.1 Å². The second kappa shape index (κ2) is 6.81. The average Bonchev–Trinajstić information content (AvgIpc) is 3.34. The summed E-state index contributed by atoms with van der Waals surface area (Å²) < 4.78 is 13.3. The Labute approximate surface area is 157 Å². The van der Waals surface area contributed by atoms with E-state index in [0.717, 1.165) is 16.0 Å². The molecule has 0 unspecified atom stereocenters. The number of amides is 1. The highest BCUT2D eigenvalue weighted by molar-refractivity contribution is 7.22. The molecule has 9 heteroatoms. The van der Waals surface area contributed by atoms with Crippen molar-refractivity contribution in [1.82, 2.24) is 14.8 Å². The summed E-state index contributed by atoms with van der Waals surface area (Å²) in [5.41, 5.74) is 0.793. The number of benzene rings is 1. The van der Waals surface area contributed by atoms with E-state index < -0.39 is 0 Å². The van der Waals surface area contributed by atoms with Crippen LogP contribution >= 0.6 is 22.9 Å². The van der Waals surface area contributed by atoms with E-state index in [1.165, 1.54) is 11.3 Å². The number of fused-ring (bicyclic) bond motifs is 1. The van der Waals surface area contributed by atoms with Gasteiger partial charge >= 0.3 is 0 Å². The van der Waals surface area contributed by atoms with Gasteiger partial charge in [-0.2, -0.15) is 5.10 Å². The van der Waals surface area contributed by atoms with Gasteiger partial charge < -0.3 is 9.15 Å². The summed E-state index contributed by atoms with van der Waals surface area (Å²) in [5, 5.41) is 7.87. The molecule has 0 radical (unpaired) electrons. The number of rotatable bonds is 5. The van der Waals surface area contributed by atoms with Gasteiger partial charge in [-0.1, -0.05) is 22.9 Å². The van der Waals surface area contributed by atoms with Crippen LogP contribution in [-0.4, -0.2) is 27.8 Å². The topological polar surface area (TPSA) is 82.2 Å². The molecule has 0 spiro atoms. The van der Waals surface area contributed by atoms with E-state index in [1.54, 1.807) is 36.3 Å². The molecule has 132 valence electrons. The van der Waals surface area contributed by atoms with Gasteiger partial charge in [0, 0.05) is 6.20 Å². The summed E-state index contributed by atoms with van der Waals surface area (Å²) in [6, 6.07) is 8.90. The Hall–Kier alpha value is -2.84. The molecule has 0 aliphatic carbocycles. The highest BCUT2D eigenvalue weighted by Crippen LogP contribution is 2.29. The molecule has 0 aliphatic heterocycles. The number of nitrogens with zero attached hydrogens (tertiary/aromatic N) is 3. The van der Waals surface area contributed by atoms with Gasteiger partial charge in [0.15, 0.2) is 10.9 Å². The number of anilines is 1. The summed E-state index contributed by atoms with van der Waals surface area (Å²) in [6.45, 7) is 0.390. The van der Waals surface area contributed by atoms with Crippen molar-refractivity contribution in [3.05, 3.63) is 59.3 Å². The Morgan fingerprint density at radius 2 is 2.27 bits per heavy atom. The van der Waals surface area contributed by atoms with Gasteiger partial charge in [0.05, 0.1) is 35.1 Å². The van der Waals surface area contributed by atoms with Crippen molar-refractivity contribution >= 4 is 44.2 Å². The Morgan fingerprint density at radius 1 is 1.38 bits per heavy atom. The molecule has 3 aromatic heterocycles. The minimum Gasteiger partial charge on any atom is -0.497 e. The van der Waals surface area contributed by atoms with E-state index in [9.17, 15) is 4.79 Å². The fraction of sp³-hybridized carbons (Fsp3) is 0.118. The number of nitrogens with one attached hydrogen (secondary N) is 1. The molecule has 4 rings (SSSR count). The standard InChI is InChI=1S/C17H13ClN4O3S/c1-24-11-2-4-13-15(6-11)26-17(20-13)21-16(23)14-5-3-12(25-14)9-22-8-10(18)7-19-22/h2-8H,9H2,1H3,(H,20,21,23). The quantitative estimate of drug-likeness (QED) is 0.557. The van der Waals surface area contributed by atoms with Crippen molar-refractivity contribution in [2.24, 2.45) is 0 Å². The number of halogens is 1. The van der Waals surface area contributed by atoms with Crippen molar-refractivity contribution in [2.75, 3.05) is 12.4 Å². The number of ether oxygens (including phenoxy) is 1. The molecule has 26 heavy (non-hydrogen) atoms. The van der Waals surface area contributed by atoms with Crippen LogP contribution in [0.5, 0.6) is 5.75 Å². The number of thiazole rings is 1. The van der Waals surface area contributed by atoms with Gasteiger partial charge in [0.25, 0.3) is 5.91 Å². The van der Waals surface area contributed by atoms with Gasteiger partial charge in [-0.3, -0.25) is 14.8 Å². The maximum absolute atomic E-state index is 12.4. The van der Waals surface area contributed by atoms with Crippen molar-refractivity contribution in [2.45, 2.75) is 6.54 Å². The molecule has 1 amide bonds. The number of carbonyl (C=O) groups excluding carboxylic acids is 1. The first kappa shape index (κ1) is 16.6. The van der Waals surface area contributed by atoms with Gasteiger partial charge in [0.2, 0.25) is 0 Å². The number of furan rings is 1. The van der Waals surface area contributed by atoms with Crippen LogP contribution in [0.15, 0.2) is 47.1 Å². The summed E-state index contributed by atoms with van der Waals surface area (Å²) in [7, 11) is 1.61. The maximum Gasteiger partial charge on any atom is 0.293 e. The molecule has 3 heterocycles. The number of hydrogen-bond donors (Lipinski definition) is 1. The van der Waals surface area contributed by atoms with Crippen molar-refractivity contribution < 1.29 is 13.9 Å². The fourth-order valence-electron chi connectivity index (χ4n) is 2.41. The molecule has 1 N–H and O–H groups in total. The molecular weight excluding hydrogens is 376 g/mol. The highest BCUT2D eigenvalue weighted by Gasteiger charge is 2.14. The van der Waals surface area contributed by atoms with Crippen molar-refractivity contribution in [3.63, 3.8) is 0 Å². The lowest BCUT2D eigenvalue weighted by atomic mass is 10.3. The van der Waals surface area contributed by atoms with Crippen molar-refractivity contribution in [3.8, 4) is 5.75 Å². The zero-order valence-electron chi connectivity index (χ0n) is 13.6. The van der Waals surface area contributed by atoms with Gasteiger partial charge in [-0.05, 0) is 30.3 Å². The maximum atomic E-state index is 12.4. The summed E-state index contributed by atoms with van der Waals surface area (Å²) in [4.78, 5) is 16.8. The van der Waals surface area contributed by atoms with Crippen molar-refractivity contribution in [1.29, 1.82) is 0 Å². The third kappa shape index (κ3) is 3.42. The first-order chi connectivity index (χ1) is 12.6. The Kier molecular flexibility index (Phi) is 4.36. The highest BCUT2D eigenvalue weighted by atomic mass is 35.5. The molecule has 0 bridgehead atoms. The zero-order chi connectivity index (χ0) is 18.1. The first-order valence-corrected chi connectivity index (χ1v) is 8.83. The Bertz CT molecular complexity index is 1080. The fourth-order valence-corrected chi connectivity index (χ4v) is 3.46. The van der Waals surface area contributed by atoms with Crippen LogP contribution in [0, 0.1) is 0 Å². The van der Waals surface area contributed by atoms with E-state index in [1.807, 2.05) is 18.2 Å². The van der Waals surface area contributed by atoms with Crippen LogP contribution in [0.25, 0.3) is 10.2 Å². The lowest BCUT2D eigenvalue weighted by molar-refractivity contribution is 0.0994. The van der Waals surface area contributed by atoms with E-state index in [2.05, 4.69) is 15.4 Å². The average molecular weight is 389 g/mol. The minimum atomic E-state index is -0.360. The molecule has 0 fully saturated rings. The molecule has 4 aromatic rings. The van der Waals surface area contributed by atoms with Crippen LogP contribution in [0.2, 0.25) is 5.02 Å². The van der Waals surface area contributed by atoms with Gasteiger partial charge in [-0.25, -0.2) is 4.98 Å². The SMILES string of the molecule is COc1ccc2nc(NC(=O)c3ccc(Cn4cc(Cl)cn4)o3)sc2c1. The second-order valence-corrected chi connectivity index (χ2v) is 6.90. The summed E-state index contributed by atoms with van der Waals surface area (Å²) in [5.74, 6) is 1.19. The predicted octanol–water partition coefficient (Wildman–Crippen LogP) is 4.05. The lowest BCUT2D eigenvalue weighted by Gasteiger charge is -1.99. The molecular formula is C17H13ClN4O3S. The molecule has 0 atom stereocenters. The molecule has 0 saturated carbocycles. The first-order valence-electron chi connectivity index (χ1n) is 7.63. The largest absolute Gasteiger partial charge is 0.497 e. The monoisotopic (exact) mass is 388 g/mol. The van der Waals surface area contributed by atoms with Crippen LogP contribution in [0.4, 0.5) is 5.13 Å². The van der Waals surface area contributed by atoms with E-state index >= 15 is 0 Å². The van der Waals surface area contributed by atoms with Gasteiger partial charge in [0.1, 0.15) is 11.5 Å². The number of aromatic nitrogens is 3. The van der Waals surface area contributed by atoms with E-state index in [4.69, 9.17) is 20.8 Å². The van der Waals surface area contributed by atoms with Crippen LogP contribution in [-0.2, 0) is 6.54 Å². The number of carbonyl (C=O) groups is 1. The third-order valence-corrected chi connectivity index (χ3v) is 4.75. The zero-order valence-corrected chi connectivity index (χ0v) is 15.2. The molecule has 1 aromatic carbocycles. The Morgan fingerprint density at radius 3 is 3.04 bits per heavy atom. The van der Waals surface area contributed by atoms with Gasteiger partial charge in [-0.15, -0.1) is 0 Å². The summed E-state index contributed by atoms with van der Waals surface area (Å²) >= 11 is 7.20. The smallest absolute Gasteiger partial charge is 0.293 e. The number of hydrogen-bond acceptors (Lipinski definition) is 6. The summed E-state index contributed by atoms with van der Waals surface area (Å²) in [6.07, 6.45) is 3.22. The Balaban J connectivity index is 1.48. The molecule has 0 saturated heterocycles. The van der Waals surface area contributed by atoms with E-state index in [-0.39, 0.29) is 11.7 Å². The number of methoxy groups -OCH3 is 1.